The van der Waals surface area contributed by atoms with Gasteiger partial charge >= 0.3 is 6.09 Å². The maximum Gasteiger partial charge on any atom is 0.415 e. The number of hydrogen-bond acceptors (Lipinski definition) is 4. The third-order valence-corrected chi connectivity index (χ3v) is 8.44. The van der Waals surface area contributed by atoms with Crippen LogP contribution >= 0.6 is 11.3 Å². The molecule has 3 aliphatic heterocycles. The highest BCUT2D eigenvalue weighted by Gasteiger charge is 2.48. The molecular weight excluding hydrogens is 524 g/mol. The molecule has 7 heteroatoms. The van der Waals surface area contributed by atoms with E-state index >= 15 is 0 Å². The number of hydrogen-bond donors (Lipinski definition) is 0. The predicted octanol–water partition coefficient (Wildman–Crippen LogP) is 2.89. The number of benzene rings is 2. The van der Waals surface area contributed by atoms with Crippen molar-refractivity contribution in [3.05, 3.63) is 82.6 Å². The van der Waals surface area contributed by atoms with Gasteiger partial charge in [-0.1, -0.05) is 36.4 Å². The molecule has 1 atom stereocenters. The average Bonchev–Trinajstić information content (AvgIpc) is 3.28. The van der Waals surface area contributed by atoms with Gasteiger partial charge in [-0.15, -0.1) is 11.3 Å². The van der Waals surface area contributed by atoms with Crippen molar-refractivity contribution in [1.82, 2.24) is 0 Å². The number of carbonyl (C=O) groups excluding carboxylic acids is 1. The number of rotatable bonds is 8. The summed E-state index contributed by atoms with van der Waals surface area (Å²) in [5.41, 5.74) is 2.09. The molecular formula is C28H33BrN2O3S. The van der Waals surface area contributed by atoms with Gasteiger partial charge in [-0.2, -0.15) is 0 Å². The molecule has 35 heavy (non-hydrogen) atoms. The molecule has 2 bridgehead atoms. The topological polar surface area (TPSA) is 38.8 Å². The molecule has 6 rings (SSSR count). The minimum absolute atomic E-state index is 0. The molecule has 3 fully saturated rings. The van der Waals surface area contributed by atoms with Crippen molar-refractivity contribution in [2.75, 3.05) is 37.7 Å². The number of piperidine rings is 3. The van der Waals surface area contributed by atoms with E-state index in [4.69, 9.17) is 9.47 Å². The number of carbonyl (C=O) groups is 1. The van der Waals surface area contributed by atoms with Gasteiger partial charge in [0.2, 0.25) is 0 Å². The number of anilines is 1. The van der Waals surface area contributed by atoms with Gasteiger partial charge in [0.15, 0.2) is 6.10 Å². The fraction of sp³-hybridized carbons (Fsp3) is 0.393. The van der Waals surface area contributed by atoms with E-state index in [0.29, 0.717) is 19.1 Å². The minimum atomic E-state index is -0.239. The molecule has 2 aromatic carbocycles. The van der Waals surface area contributed by atoms with Crippen LogP contribution in [-0.2, 0) is 11.3 Å². The van der Waals surface area contributed by atoms with Gasteiger partial charge in [-0.3, -0.25) is 4.90 Å². The first-order chi connectivity index (χ1) is 16.6. The lowest BCUT2D eigenvalue weighted by molar-refractivity contribution is -0.946. The van der Waals surface area contributed by atoms with Gasteiger partial charge in [0.25, 0.3) is 0 Å². The summed E-state index contributed by atoms with van der Waals surface area (Å²) < 4.78 is 13.2. The van der Waals surface area contributed by atoms with E-state index in [1.165, 1.54) is 10.4 Å². The molecule has 3 saturated heterocycles. The first kappa shape index (κ1) is 25.7. The predicted molar refractivity (Wildman–Crippen MR) is 136 cm³/mol. The van der Waals surface area contributed by atoms with Crippen LogP contribution in [0.5, 0.6) is 5.75 Å². The molecule has 1 aromatic heterocycles. The van der Waals surface area contributed by atoms with Crippen molar-refractivity contribution >= 4 is 23.1 Å². The summed E-state index contributed by atoms with van der Waals surface area (Å²) in [5, 5.41) is 2.08. The number of thiophene rings is 1. The van der Waals surface area contributed by atoms with Crippen LogP contribution in [0.4, 0.5) is 10.5 Å². The summed E-state index contributed by atoms with van der Waals surface area (Å²) >= 11 is 1.69. The fourth-order valence-corrected chi connectivity index (χ4v) is 6.21. The number of halogens is 1. The highest BCUT2D eigenvalue weighted by molar-refractivity contribution is 7.10. The van der Waals surface area contributed by atoms with Crippen molar-refractivity contribution in [2.24, 2.45) is 5.92 Å². The molecule has 4 heterocycles. The van der Waals surface area contributed by atoms with Crippen LogP contribution in [-0.4, -0.2) is 49.5 Å². The van der Waals surface area contributed by atoms with E-state index in [0.717, 1.165) is 54.9 Å². The van der Waals surface area contributed by atoms with Crippen molar-refractivity contribution < 1.29 is 35.7 Å². The van der Waals surface area contributed by atoms with E-state index in [1.807, 2.05) is 60.7 Å². The Morgan fingerprint density at radius 3 is 2.37 bits per heavy atom. The maximum atomic E-state index is 13.5. The highest BCUT2D eigenvalue weighted by Crippen LogP contribution is 2.36. The first-order valence-corrected chi connectivity index (χ1v) is 13.1. The lowest BCUT2D eigenvalue weighted by Gasteiger charge is -2.52. The molecule has 3 aromatic rings. The number of quaternary nitrogens is 1. The van der Waals surface area contributed by atoms with E-state index in [-0.39, 0.29) is 29.2 Å². The Morgan fingerprint density at radius 2 is 1.71 bits per heavy atom. The molecule has 0 saturated carbocycles. The van der Waals surface area contributed by atoms with Crippen molar-refractivity contribution in [3.63, 3.8) is 0 Å². The monoisotopic (exact) mass is 556 g/mol. The number of fused-ring (bicyclic) bond motifs is 3. The van der Waals surface area contributed by atoms with Crippen LogP contribution in [0.2, 0.25) is 0 Å². The number of nitrogens with zero attached hydrogens (tertiary/aromatic N) is 2. The maximum absolute atomic E-state index is 13.5. The quantitative estimate of drug-likeness (QED) is 0.400. The zero-order valence-electron chi connectivity index (χ0n) is 20.1. The Labute approximate surface area is 222 Å². The largest absolute Gasteiger partial charge is 1.00 e. The number of amides is 1. The average molecular weight is 558 g/mol. The zero-order chi connectivity index (χ0) is 23.4. The normalized spacial score (nSPS) is 22.8. The van der Waals surface area contributed by atoms with E-state index < -0.39 is 0 Å². The van der Waals surface area contributed by atoms with E-state index in [2.05, 4.69) is 18.4 Å². The molecule has 0 spiro atoms. The third-order valence-electron chi connectivity index (χ3n) is 7.43. The molecule has 0 unspecified atom stereocenters. The van der Waals surface area contributed by atoms with E-state index in [9.17, 15) is 4.79 Å². The minimum Gasteiger partial charge on any atom is -1.00 e. The van der Waals surface area contributed by atoms with Crippen LogP contribution in [0.15, 0.2) is 72.1 Å². The van der Waals surface area contributed by atoms with Crippen LogP contribution in [0, 0.1) is 12.8 Å². The summed E-state index contributed by atoms with van der Waals surface area (Å²) in [6, 6.07) is 22.0. The Hall–Kier alpha value is -2.35. The molecule has 1 amide bonds. The molecule has 0 N–H and O–H groups in total. The summed E-state index contributed by atoms with van der Waals surface area (Å²) in [6.45, 7) is 7.44. The van der Waals surface area contributed by atoms with Crippen LogP contribution < -0.4 is 26.6 Å². The second-order valence-electron chi connectivity index (χ2n) is 9.56. The Morgan fingerprint density at radius 1 is 1.03 bits per heavy atom. The molecule has 3 aliphatic rings. The van der Waals surface area contributed by atoms with Crippen LogP contribution in [0.3, 0.4) is 0 Å². The van der Waals surface area contributed by atoms with Crippen LogP contribution in [0.25, 0.3) is 0 Å². The summed E-state index contributed by atoms with van der Waals surface area (Å²) in [7, 11) is 0. The summed E-state index contributed by atoms with van der Waals surface area (Å²) in [6.07, 6.45) is 1.94. The lowest BCUT2D eigenvalue weighted by Crippen LogP contribution is -3.00. The fourth-order valence-electron chi connectivity index (χ4n) is 5.31. The van der Waals surface area contributed by atoms with Crippen molar-refractivity contribution in [2.45, 2.75) is 32.4 Å². The molecule has 5 nitrogen and oxygen atoms in total. The lowest BCUT2D eigenvalue weighted by atomic mass is 9.83. The second-order valence-corrected chi connectivity index (χ2v) is 10.6. The first-order valence-electron chi connectivity index (χ1n) is 12.2. The van der Waals surface area contributed by atoms with Crippen molar-refractivity contribution in [1.29, 1.82) is 0 Å². The molecule has 186 valence electrons. The van der Waals surface area contributed by atoms with Gasteiger partial charge in [-0.25, -0.2) is 4.79 Å². The highest BCUT2D eigenvalue weighted by atomic mass is 79.9. The molecule has 0 radical (unpaired) electrons. The smallest absolute Gasteiger partial charge is 0.415 e. The Balaban J connectivity index is 0.00000289. The van der Waals surface area contributed by atoms with Gasteiger partial charge in [0.1, 0.15) is 25.4 Å². The Bertz CT molecular complexity index is 1080. The van der Waals surface area contributed by atoms with Gasteiger partial charge in [-0.05, 0) is 48.2 Å². The van der Waals surface area contributed by atoms with Crippen LogP contribution in [0.1, 0.15) is 23.3 Å². The Kier molecular flexibility index (Phi) is 8.52. The SMILES string of the molecule is Cc1ccsc1CN(C(=O)O[C@H]1C[N+]2(CCOc3ccccc3)CCC1CC2)c1ccccc1.[Br-]. The van der Waals surface area contributed by atoms with E-state index in [1.54, 1.807) is 16.2 Å². The van der Waals surface area contributed by atoms with Crippen molar-refractivity contribution in [3.8, 4) is 5.75 Å². The zero-order valence-corrected chi connectivity index (χ0v) is 22.5. The second kappa shape index (κ2) is 11.6. The standard InChI is InChI=1S/C28H33N2O3S.BrH/c1-22-14-19-34-27(22)20-29(24-8-4-2-5-9-24)28(31)33-26-21-30(15-12-23(26)13-16-30)17-18-32-25-10-6-3-7-11-25;/h2-11,14,19,23,26H,12-13,15-18,20-21H2,1H3;1H/q+1;/p-1/t23?,26-,30?;/m0./s1. The number of ether oxygens (including phenoxy) is 2. The summed E-state index contributed by atoms with van der Waals surface area (Å²) in [4.78, 5) is 16.5. The third kappa shape index (κ3) is 6.08. The number of aryl methyl sites for hydroxylation is 1. The molecule has 0 aliphatic carbocycles. The van der Waals surface area contributed by atoms with Gasteiger partial charge < -0.3 is 30.9 Å². The van der Waals surface area contributed by atoms with Gasteiger partial charge in [0.05, 0.1) is 19.6 Å². The summed E-state index contributed by atoms with van der Waals surface area (Å²) in [5.74, 6) is 1.37. The van der Waals surface area contributed by atoms with Gasteiger partial charge in [0, 0.05) is 29.3 Å². The number of para-hydroxylation sites is 2.